The highest BCUT2D eigenvalue weighted by Crippen LogP contribution is 2.32. The number of hydrogen-bond acceptors (Lipinski definition) is 7. The van der Waals surface area contributed by atoms with Gasteiger partial charge in [0.25, 0.3) is 5.91 Å². The molecule has 1 N–H and O–H groups in total. The molecular formula is C28H31N3O6. The van der Waals surface area contributed by atoms with Gasteiger partial charge in [-0.05, 0) is 56.0 Å². The molecule has 0 radical (unpaired) electrons. The molecule has 1 saturated heterocycles. The number of carbonyl (C=O) groups excluding carboxylic acids is 2. The molecule has 2 aromatic carbocycles. The van der Waals surface area contributed by atoms with Crippen molar-refractivity contribution >= 4 is 11.8 Å². The highest BCUT2D eigenvalue weighted by Gasteiger charge is 2.26. The van der Waals surface area contributed by atoms with Gasteiger partial charge in [-0.15, -0.1) is 0 Å². The van der Waals surface area contributed by atoms with Gasteiger partial charge in [0.15, 0.2) is 23.0 Å². The minimum Gasteiger partial charge on any atom is -0.454 e. The van der Waals surface area contributed by atoms with Gasteiger partial charge in [-0.1, -0.05) is 28.9 Å². The van der Waals surface area contributed by atoms with Crippen LogP contribution in [-0.4, -0.2) is 54.5 Å². The maximum Gasteiger partial charge on any atom is 0.276 e. The van der Waals surface area contributed by atoms with Crippen molar-refractivity contribution in [3.8, 4) is 22.8 Å². The van der Waals surface area contributed by atoms with Gasteiger partial charge < -0.3 is 29.0 Å². The largest absolute Gasteiger partial charge is 0.454 e. The minimum atomic E-state index is -0.278. The first-order valence-corrected chi connectivity index (χ1v) is 12.6. The second-order valence-corrected chi connectivity index (χ2v) is 9.50. The first kappa shape index (κ1) is 24.8. The summed E-state index contributed by atoms with van der Waals surface area (Å²) >= 11 is 0. The van der Waals surface area contributed by atoms with Gasteiger partial charge in [-0.2, -0.15) is 0 Å². The molecular weight excluding hydrogens is 474 g/mol. The van der Waals surface area contributed by atoms with Crippen LogP contribution in [-0.2, 0) is 16.1 Å². The van der Waals surface area contributed by atoms with Gasteiger partial charge in [0.05, 0.1) is 6.10 Å². The maximum absolute atomic E-state index is 13.4. The molecule has 0 saturated carbocycles. The molecule has 194 valence electrons. The van der Waals surface area contributed by atoms with E-state index in [9.17, 15) is 9.59 Å². The molecule has 0 spiro atoms. The summed E-state index contributed by atoms with van der Waals surface area (Å²) in [6.07, 6.45) is 1.95. The van der Waals surface area contributed by atoms with Crippen LogP contribution in [0.3, 0.4) is 0 Å². The van der Waals surface area contributed by atoms with Gasteiger partial charge in [0.1, 0.15) is 0 Å². The average Bonchev–Trinajstić information content (AvgIpc) is 3.68. The molecule has 2 amide bonds. The predicted octanol–water partition coefficient (Wildman–Crippen LogP) is 4.01. The molecule has 9 nitrogen and oxygen atoms in total. The highest BCUT2D eigenvalue weighted by atomic mass is 16.7. The summed E-state index contributed by atoms with van der Waals surface area (Å²) in [4.78, 5) is 27.7. The summed E-state index contributed by atoms with van der Waals surface area (Å²) in [5, 5.41) is 6.98. The smallest absolute Gasteiger partial charge is 0.276 e. The van der Waals surface area contributed by atoms with E-state index in [1.807, 2.05) is 50.2 Å². The summed E-state index contributed by atoms with van der Waals surface area (Å²) in [5.74, 6) is 1.49. The molecule has 9 heteroatoms. The molecule has 1 fully saturated rings. The number of nitrogens with one attached hydrogen (secondary N) is 1. The van der Waals surface area contributed by atoms with E-state index in [0.717, 1.165) is 35.1 Å². The fourth-order valence-electron chi connectivity index (χ4n) is 4.55. The van der Waals surface area contributed by atoms with Crippen LogP contribution in [0.2, 0.25) is 0 Å². The van der Waals surface area contributed by atoms with Crippen molar-refractivity contribution in [3.05, 3.63) is 64.8 Å². The monoisotopic (exact) mass is 505 g/mol. The molecule has 5 rings (SSSR count). The number of benzene rings is 2. The minimum absolute atomic E-state index is 0.0500. The number of hydrogen-bond donors (Lipinski definition) is 1. The van der Waals surface area contributed by atoms with Gasteiger partial charge in [0.2, 0.25) is 12.7 Å². The lowest BCUT2D eigenvalue weighted by molar-refractivity contribution is -0.121. The topological polar surface area (TPSA) is 103 Å². The van der Waals surface area contributed by atoms with Crippen molar-refractivity contribution in [2.24, 2.45) is 0 Å². The number of aromatic nitrogens is 1. The van der Waals surface area contributed by atoms with Crippen molar-refractivity contribution in [3.63, 3.8) is 0 Å². The zero-order chi connectivity index (χ0) is 25.8. The van der Waals surface area contributed by atoms with Gasteiger partial charge >= 0.3 is 0 Å². The van der Waals surface area contributed by atoms with E-state index in [1.54, 1.807) is 11.0 Å². The Balaban J connectivity index is 1.22. The van der Waals surface area contributed by atoms with Crippen molar-refractivity contribution in [2.75, 3.05) is 26.5 Å². The van der Waals surface area contributed by atoms with E-state index < -0.39 is 0 Å². The highest BCUT2D eigenvalue weighted by molar-refractivity contribution is 5.93. The lowest BCUT2D eigenvalue weighted by Gasteiger charge is -2.24. The van der Waals surface area contributed by atoms with E-state index in [1.165, 1.54) is 0 Å². The molecule has 1 aromatic heterocycles. The van der Waals surface area contributed by atoms with Crippen LogP contribution in [0.1, 0.15) is 46.4 Å². The Morgan fingerprint density at radius 2 is 1.95 bits per heavy atom. The van der Waals surface area contributed by atoms with Gasteiger partial charge in [-0.25, -0.2) is 0 Å². The van der Waals surface area contributed by atoms with Gasteiger partial charge in [0, 0.05) is 44.3 Å². The second-order valence-electron chi connectivity index (χ2n) is 9.50. The average molecular weight is 506 g/mol. The van der Waals surface area contributed by atoms with Crippen LogP contribution >= 0.6 is 0 Å². The first-order valence-electron chi connectivity index (χ1n) is 12.6. The summed E-state index contributed by atoms with van der Waals surface area (Å²) in [7, 11) is 0. The Morgan fingerprint density at radius 1 is 1.08 bits per heavy atom. The van der Waals surface area contributed by atoms with Crippen LogP contribution in [0, 0.1) is 13.8 Å². The normalized spacial score (nSPS) is 16.1. The molecule has 3 aromatic rings. The van der Waals surface area contributed by atoms with Crippen LogP contribution in [0.25, 0.3) is 11.3 Å². The van der Waals surface area contributed by atoms with Crippen molar-refractivity contribution in [2.45, 2.75) is 45.8 Å². The Labute approximate surface area is 215 Å². The first-order chi connectivity index (χ1) is 18.0. The molecule has 3 heterocycles. The second kappa shape index (κ2) is 11.0. The number of ether oxygens (including phenoxy) is 3. The van der Waals surface area contributed by atoms with Crippen molar-refractivity contribution in [1.29, 1.82) is 0 Å². The van der Waals surface area contributed by atoms with Gasteiger partial charge in [-0.3, -0.25) is 9.59 Å². The molecule has 1 atom stereocenters. The zero-order valence-corrected chi connectivity index (χ0v) is 21.1. The lowest BCUT2D eigenvalue weighted by atomic mass is 10.0. The summed E-state index contributed by atoms with van der Waals surface area (Å²) in [6.45, 7) is 5.90. The van der Waals surface area contributed by atoms with Crippen molar-refractivity contribution < 1.29 is 28.3 Å². The number of fused-ring (bicyclic) bond motifs is 1. The van der Waals surface area contributed by atoms with Crippen LogP contribution in [0.4, 0.5) is 0 Å². The fourth-order valence-corrected chi connectivity index (χ4v) is 4.55. The third kappa shape index (κ3) is 5.94. The number of amides is 2. The Morgan fingerprint density at radius 3 is 2.78 bits per heavy atom. The Hall–Kier alpha value is -3.85. The van der Waals surface area contributed by atoms with E-state index in [4.69, 9.17) is 18.7 Å². The summed E-state index contributed by atoms with van der Waals surface area (Å²) < 4.78 is 22.0. The fraction of sp³-hybridized carbons (Fsp3) is 0.393. The van der Waals surface area contributed by atoms with E-state index in [0.29, 0.717) is 37.0 Å². The third-order valence-electron chi connectivity index (χ3n) is 6.66. The number of nitrogens with zero attached hydrogens (tertiary/aromatic N) is 2. The summed E-state index contributed by atoms with van der Waals surface area (Å²) in [5.41, 5.74) is 4.16. The molecule has 0 bridgehead atoms. The molecule has 37 heavy (non-hydrogen) atoms. The molecule has 0 aliphatic carbocycles. The van der Waals surface area contributed by atoms with E-state index >= 15 is 0 Å². The molecule has 1 unspecified atom stereocenters. The molecule has 2 aliphatic heterocycles. The quantitative estimate of drug-likeness (QED) is 0.469. The Kier molecular flexibility index (Phi) is 7.41. The zero-order valence-electron chi connectivity index (χ0n) is 21.1. The van der Waals surface area contributed by atoms with Crippen molar-refractivity contribution in [1.82, 2.24) is 15.4 Å². The Bertz CT molecular complexity index is 1280. The number of carbonyl (C=O) groups is 2. The number of rotatable bonds is 9. The lowest BCUT2D eigenvalue weighted by Crippen LogP contribution is -2.40. The standard InChI is InChI=1S/C28H31N3O6/c1-18-5-6-19(2)22(12-18)25-14-23(30-37-25)28(33)31(16-21-4-3-11-34-21)10-9-27(32)29-15-20-7-8-24-26(13-20)36-17-35-24/h5-8,12-14,21H,3-4,9-11,15-17H2,1-2H3,(H,29,32). The van der Waals surface area contributed by atoms with E-state index in [2.05, 4.69) is 10.5 Å². The van der Waals surface area contributed by atoms with Crippen LogP contribution in [0.5, 0.6) is 11.5 Å². The van der Waals surface area contributed by atoms with Crippen LogP contribution < -0.4 is 14.8 Å². The molecule has 2 aliphatic rings. The van der Waals surface area contributed by atoms with E-state index in [-0.39, 0.29) is 43.4 Å². The summed E-state index contributed by atoms with van der Waals surface area (Å²) in [6, 6.07) is 13.3. The predicted molar refractivity (Wildman–Crippen MR) is 135 cm³/mol. The SMILES string of the molecule is Cc1ccc(C)c(-c2cc(C(=O)N(CCC(=O)NCc3ccc4c(c3)OCO4)CC3CCCO3)no2)c1. The van der Waals surface area contributed by atoms with Crippen LogP contribution in [0.15, 0.2) is 47.0 Å². The maximum atomic E-state index is 13.4. The third-order valence-corrected chi connectivity index (χ3v) is 6.66. The number of aryl methyl sites for hydroxylation is 2.